The van der Waals surface area contributed by atoms with E-state index in [4.69, 9.17) is 16.3 Å². The van der Waals surface area contributed by atoms with E-state index in [1.807, 2.05) is 12.1 Å². The Labute approximate surface area is 145 Å². The minimum absolute atomic E-state index is 0.00543. The summed E-state index contributed by atoms with van der Waals surface area (Å²) in [5, 5.41) is 9.83. The number of carbonyl (C=O) groups excluding carboxylic acids is 1. The molecule has 0 unspecified atom stereocenters. The van der Waals surface area contributed by atoms with E-state index in [9.17, 15) is 14.3 Å². The van der Waals surface area contributed by atoms with Crippen LogP contribution >= 0.6 is 11.6 Å². The minimum Gasteiger partial charge on any atom is -0.496 e. The summed E-state index contributed by atoms with van der Waals surface area (Å²) in [6.07, 6.45) is -0.00543. The van der Waals surface area contributed by atoms with E-state index in [-0.39, 0.29) is 25.5 Å². The topological polar surface area (TPSA) is 49.8 Å². The van der Waals surface area contributed by atoms with E-state index < -0.39 is 5.82 Å². The van der Waals surface area contributed by atoms with Gasteiger partial charge in [-0.05, 0) is 35.9 Å². The molecule has 128 valence electrons. The first-order valence-electron chi connectivity index (χ1n) is 7.49. The van der Waals surface area contributed by atoms with Gasteiger partial charge in [-0.15, -0.1) is 0 Å². The Balaban J connectivity index is 2.14. The number of methoxy groups -OCH3 is 1. The van der Waals surface area contributed by atoms with Crippen LogP contribution in [-0.4, -0.2) is 36.2 Å². The molecule has 2 rings (SSSR count). The number of aliphatic hydroxyl groups excluding tert-OH is 1. The number of hydrogen-bond donors (Lipinski definition) is 1. The lowest BCUT2D eigenvalue weighted by atomic mass is 10.1. The second-order valence-corrected chi connectivity index (χ2v) is 5.73. The highest BCUT2D eigenvalue weighted by molar-refractivity contribution is 6.30. The first-order chi connectivity index (χ1) is 11.5. The van der Waals surface area contributed by atoms with Crippen molar-refractivity contribution in [2.75, 3.05) is 20.3 Å². The molecule has 0 saturated carbocycles. The van der Waals surface area contributed by atoms with Crippen LogP contribution in [0.25, 0.3) is 0 Å². The molecule has 4 nitrogen and oxygen atoms in total. The molecule has 0 bridgehead atoms. The molecule has 6 heteroatoms. The third kappa shape index (κ3) is 4.94. The van der Waals surface area contributed by atoms with Gasteiger partial charge in [0.2, 0.25) is 5.91 Å². The molecule has 0 radical (unpaired) electrons. The van der Waals surface area contributed by atoms with Gasteiger partial charge in [-0.2, -0.15) is 0 Å². The molecule has 0 aliphatic heterocycles. The lowest BCUT2D eigenvalue weighted by Gasteiger charge is -2.22. The number of carbonyl (C=O) groups is 1. The third-order valence-electron chi connectivity index (χ3n) is 3.59. The number of ether oxygens (including phenoxy) is 1. The van der Waals surface area contributed by atoms with Crippen molar-refractivity contribution in [2.24, 2.45) is 0 Å². The predicted molar refractivity (Wildman–Crippen MR) is 90.6 cm³/mol. The van der Waals surface area contributed by atoms with Gasteiger partial charge < -0.3 is 14.7 Å². The van der Waals surface area contributed by atoms with Crippen molar-refractivity contribution in [3.05, 3.63) is 64.4 Å². The van der Waals surface area contributed by atoms with Gasteiger partial charge in [-0.1, -0.05) is 23.7 Å². The van der Waals surface area contributed by atoms with Crippen molar-refractivity contribution in [3.63, 3.8) is 0 Å². The van der Waals surface area contributed by atoms with E-state index in [2.05, 4.69) is 0 Å². The molecule has 2 aromatic rings. The highest BCUT2D eigenvalue weighted by Gasteiger charge is 2.17. The van der Waals surface area contributed by atoms with Crippen LogP contribution in [0.2, 0.25) is 5.02 Å². The predicted octanol–water partition coefficient (Wildman–Crippen LogP) is 3.05. The van der Waals surface area contributed by atoms with Crippen molar-refractivity contribution >= 4 is 17.5 Å². The van der Waals surface area contributed by atoms with Gasteiger partial charge in [-0.25, -0.2) is 4.39 Å². The summed E-state index contributed by atoms with van der Waals surface area (Å²) in [6.45, 7) is 0.382. The van der Waals surface area contributed by atoms with Crippen molar-refractivity contribution in [1.29, 1.82) is 0 Å². The van der Waals surface area contributed by atoms with Crippen molar-refractivity contribution in [2.45, 2.75) is 13.0 Å². The van der Waals surface area contributed by atoms with Gasteiger partial charge in [0.25, 0.3) is 0 Å². The molecule has 0 heterocycles. The first-order valence-corrected chi connectivity index (χ1v) is 7.86. The summed E-state index contributed by atoms with van der Waals surface area (Å²) in [4.78, 5) is 14.1. The molecular weight excluding hydrogens is 333 g/mol. The quantitative estimate of drug-likeness (QED) is 0.834. The van der Waals surface area contributed by atoms with Gasteiger partial charge in [0.05, 0.1) is 20.1 Å². The van der Waals surface area contributed by atoms with Gasteiger partial charge in [-0.3, -0.25) is 4.79 Å². The Morgan fingerprint density at radius 1 is 1.25 bits per heavy atom. The molecule has 24 heavy (non-hydrogen) atoms. The van der Waals surface area contributed by atoms with Gasteiger partial charge in [0.1, 0.15) is 11.6 Å². The second-order valence-electron chi connectivity index (χ2n) is 5.30. The van der Waals surface area contributed by atoms with E-state index in [1.54, 1.807) is 12.1 Å². The highest BCUT2D eigenvalue weighted by atomic mass is 35.5. The fourth-order valence-electron chi connectivity index (χ4n) is 2.38. The van der Waals surface area contributed by atoms with Gasteiger partial charge >= 0.3 is 0 Å². The van der Waals surface area contributed by atoms with Gasteiger partial charge in [0.15, 0.2) is 0 Å². The van der Waals surface area contributed by atoms with Crippen LogP contribution in [0.15, 0.2) is 42.5 Å². The van der Waals surface area contributed by atoms with E-state index >= 15 is 0 Å². The third-order valence-corrected chi connectivity index (χ3v) is 3.85. The summed E-state index contributed by atoms with van der Waals surface area (Å²) >= 11 is 5.86. The number of hydrogen-bond acceptors (Lipinski definition) is 3. The Morgan fingerprint density at radius 3 is 2.58 bits per heavy atom. The smallest absolute Gasteiger partial charge is 0.227 e. The zero-order valence-electron chi connectivity index (χ0n) is 13.3. The standard InChI is InChI=1S/C18H19ClFNO3/c1-24-17-7-6-16(20)10-14(17)11-18(23)21(8-9-22)12-13-2-4-15(19)5-3-13/h2-7,10,22H,8-9,11-12H2,1H3. The number of rotatable bonds is 7. The summed E-state index contributed by atoms with van der Waals surface area (Å²) in [6, 6.07) is 11.2. The molecule has 0 aliphatic rings. The molecular formula is C18H19ClFNO3. The Bertz CT molecular complexity index is 691. The lowest BCUT2D eigenvalue weighted by molar-refractivity contribution is -0.131. The van der Waals surface area contributed by atoms with Crippen LogP contribution in [0, 0.1) is 5.82 Å². The Kier molecular flexibility index (Phi) is 6.58. The summed E-state index contributed by atoms with van der Waals surface area (Å²) in [5.41, 5.74) is 1.37. The number of benzene rings is 2. The van der Waals surface area contributed by atoms with Crippen LogP contribution in [0.3, 0.4) is 0 Å². The monoisotopic (exact) mass is 351 g/mol. The molecule has 2 aromatic carbocycles. The number of aliphatic hydroxyl groups is 1. The fraction of sp³-hybridized carbons (Fsp3) is 0.278. The molecule has 0 spiro atoms. The van der Waals surface area contributed by atoms with Crippen molar-refractivity contribution < 1.29 is 19.0 Å². The maximum atomic E-state index is 13.4. The normalized spacial score (nSPS) is 10.5. The molecule has 0 saturated heterocycles. The largest absolute Gasteiger partial charge is 0.496 e. The summed E-state index contributed by atoms with van der Waals surface area (Å²) < 4.78 is 18.6. The van der Waals surface area contributed by atoms with Crippen molar-refractivity contribution in [3.8, 4) is 5.75 Å². The van der Waals surface area contributed by atoms with E-state index in [0.29, 0.717) is 22.9 Å². The number of nitrogens with zero attached hydrogens (tertiary/aromatic N) is 1. The zero-order chi connectivity index (χ0) is 17.5. The highest BCUT2D eigenvalue weighted by Crippen LogP contribution is 2.21. The lowest BCUT2D eigenvalue weighted by Crippen LogP contribution is -2.34. The molecule has 0 fully saturated rings. The molecule has 0 atom stereocenters. The molecule has 1 amide bonds. The number of halogens is 2. The van der Waals surface area contributed by atoms with Crippen LogP contribution < -0.4 is 4.74 Å². The van der Waals surface area contributed by atoms with Crippen LogP contribution in [-0.2, 0) is 17.8 Å². The van der Waals surface area contributed by atoms with Crippen molar-refractivity contribution in [1.82, 2.24) is 4.90 Å². The van der Waals surface area contributed by atoms with Crippen LogP contribution in [0.4, 0.5) is 4.39 Å². The Hall–Kier alpha value is -2.11. The summed E-state index contributed by atoms with van der Waals surface area (Å²) in [5.74, 6) is -0.187. The van der Waals surface area contributed by atoms with Crippen LogP contribution in [0.5, 0.6) is 5.75 Å². The van der Waals surface area contributed by atoms with E-state index in [0.717, 1.165) is 5.56 Å². The Morgan fingerprint density at radius 2 is 1.96 bits per heavy atom. The number of amides is 1. The fourth-order valence-corrected chi connectivity index (χ4v) is 2.51. The summed E-state index contributed by atoms with van der Waals surface area (Å²) in [7, 11) is 1.47. The maximum absolute atomic E-state index is 13.4. The van der Waals surface area contributed by atoms with Gasteiger partial charge in [0, 0.05) is 23.7 Å². The maximum Gasteiger partial charge on any atom is 0.227 e. The molecule has 0 aliphatic carbocycles. The average molecular weight is 352 g/mol. The molecule has 0 aromatic heterocycles. The first kappa shape index (κ1) is 18.2. The zero-order valence-corrected chi connectivity index (χ0v) is 14.1. The second kappa shape index (κ2) is 8.66. The van der Waals surface area contributed by atoms with Crippen LogP contribution in [0.1, 0.15) is 11.1 Å². The SMILES string of the molecule is COc1ccc(F)cc1CC(=O)N(CCO)Cc1ccc(Cl)cc1. The minimum atomic E-state index is -0.426. The molecule has 1 N–H and O–H groups in total. The average Bonchev–Trinajstić information content (AvgIpc) is 2.56. The van der Waals surface area contributed by atoms with E-state index in [1.165, 1.54) is 30.2 Å².